The maximum atomic E-state index is 12.4. The van der Waals surface area contributed by atoms with Crippen molar-refractivity contribution in [1.29, 1.82) is 0 Å². The van der Waals surface area contributed by atoms with E-state index in [1.54, 1.807) is 11.0 Å². The van der Waals surface area contributed by atoms with Crippen LogP contribution in [0.15, 0.2) is 12.1 Å². The topological polar surface area (TPSA) is 36.4 Å². The van der Waals surface area contributed by atoms with Gasteiger partial charge in [0.2, 0.25) is 0 Å². The predicted octanol–water partition coefficient (Wildman–Crippen LogP) is 2.88. The zero-order valence-corrected chi connectivity index (χ0v) is 13.7. The number of aromatic nitrogens is 1. The van der Waals surface area contributed by atoms with Crippen LogP contribution in [0.3, 0.4) is 0 Å². The maximum absolute atomic E-state index is 12.4. The Morgan fingerprint density at radius 1 is 1.25 bits per heavy atom. The fourth-order valence-corrected chi connectivity index (χ4v) is 2.10. The Bertz CT molecular complexity index is 460. The first-order chi connectivity index (χ1) is 9.31. The monoisotopic (exact) mass is 297 g/mol. The summed E-state index contributed by atoms with van der Waals surface area (Å²) in [7, 11) is 5.88. The van der Waals surface area contributed by atoms with Crippen molar-refractivity contribution in [1.82, 2.24) is 14.8 Å². The van der Waals surface area contributed by atoms with Gasteiger partial charge in [-0.25, -0.2) is 4.98 Å². The van der Waals surface area contributed by atoms with Gasteiger partial charge in [-0.2, -0.15) is 0 Å². The van der Waals surface area contributed by atoms with Crippen LogP contribution in [0.2, 0.25) is 5.15 Å². The zero-order valence-electron chi connectivity index (χ0n) is 13.0. The molecule has 4 nitrogen and oxygen atoms in total. The van der Waals surface area contributed by atoms with Gasteiger partial charge in [-0.3, -0.25) is 4.79 Å². The molecule has 0 saturated heterocycles. The van der Waals surface area contributed by atoms with Gasteiger partial charge >= 0.3 is 0 Å². The second-order valence-electron chi connectivity index (χ2n) is 5.64. The summed E-state index contributed by atoms with van der Waals surface area (Å²) < 4.78 is 0. The average Bonchev–Trinajstić information content (AvgIpc) is 2.36. The van der Waals surface area contributed by atoms with Gasteiger partial charge in [0.1, 0.15) is 5.15 Å². The smallest absolute Gasteiger partial charge is 0.253 e. The highest BCUT2D eigenvalue weighted by atomic mass is 35.5. The quantitative estimate of drug-likeness (QED) is 0.758. The highest BCUT2D eigenvalue weighted by Crippen LogP contribution is 2.18. The molecule has 1 amide bonds. The van der Waals surface area contributed by atoms with E-state index in [0.717, 1.165) is 25.2 Å². The van der Waals surface area contributed by atoms with Gasteiger partial charge in [-0.1, -0.05) is 25.4 Å². The van der Waals surface area contributed by atoms with Crippen LogP contribution in [0.25, 0.3) is 0 Å². The summed E-state index contributed by atoms with van der Waals surface area (Å²) in [6.07, 6.45) is 0.949. The van der Waals surface area contributed by atoms with E-state index < -0.39 is 0 Å². The molecule has 1 aromatic heterocycles. The second-order valence-corrected chi connectivity index (χ2v) is 6.03. The molecule has 0 bridgehead atoms. The number of halogens is 1. The molecule has 5 heteroatoms. The Morgan fingerprint density at radius 2 is 1.90 bits per heavy atom. The summed E-state index contributed by atoms with van der Waals surface area (Å²) in [5.74, 6) is 0.245. The first-order valence-corrected chi connectivity index (χ1v) is 7.26. The molecule has 0 unspecified atom stereocenters. The number of nitrogens with zero attached hydrogens (tertiary/aromatic N) is 3. The largest absolute Gasteiger partial charge is 0.342 e. The lowest BCUT2D eigenvalue weighted by Gasteiger charge is -2.19. The van der Waals surface area contributed by atoms with E-state index in [1.807, 2.05) is 41.1 Å². The Balaban J connectivity index is 2.75. The fraction of sp³-hybridized carbons (Fsp3) is 0.600. The Kier molecular flexibility index (Phi) is 6.43. The van der Waals surface area contributed by atoms with Gasteiger partial charge in [0.25, 0.3) is 5.91 Å². The van der Waals surface area contributed by atoms with Crippen molar-refractivity contribution in [2.75, 3.05) is 34.2 Å². The molecule has 0 fully saturated rings. The van der Waals surface area contributed by atoms with Crippen molar-refractivity contribution in [2.45, 2.75) is 26.2 Å². The number of hydrogen-bond acceptors (Lipinski definition) is 3. The van der Waals surface area contributed by atoms with Crippen molar-refractivity contribution in [3.63, 3.8) is 0 Å². The van der Waals surface area contributed by atoms with E-state index in [-0.39, 0.29) is 11.8 Å². The van der Waals surface area contributed by atoms with Crippen molar-refractivity contribution in [3.8, 4) is 0 Å². The van der Waals surface area contributed by atoms with E-state index in [9.17, 15) is 4.79 Å². The molecule has 0 radical (unpaired) electrons. The number of amides is 1. The van der Waals surface area contributed by atoms with E-state index >= 15 is 0 Å². The fourth-order valence-electron chi connectivity index (χ4n) is 1.88. The van der Waals surface area contributed by atoms with Gasteiger partial charge in [-0.15, -0.1) is 0 Å². The first kappa shape index (κ1) is 16.9. The number of carbonyl (C=O) groups excluding carboxylic acids is 1. The van der Waals surface area contributed by atoms with Crippen LogP contribution in [0.4, 0.5) is 0 Å². The Morgan fingerprint density at radius 3 is 2.45 bits per heavy atom. The third-order valence-electron chi connectivity index (χ3n) is 3.10. The molecule has 0 aliphatic carbocycles. The van der Waals surface area contributed by atoms with E-state index in [0.29, 0.717) is 10.7 Å². The lowest BCUT2D eigenvalue weighted by Crippen LogP contribution is -2.30. The summed E-state index contributed by atoms with van der Waals surface area (Å²) >= 11 is 6.00. The van der Waals surface area contributed by atoms with Crippen LogP contribution >= 0.6 is 11.6 Å². The summed E-state index contributed by atoms with van der Waals surface area (Å²) in [5, 5.41) is 0.376. The molecule has 0 atom stereocenters. The van der Waals surface area contributed by atoms with Crippen LogP contribution in [0.1, 0.15) is 42.2 Å². The minimum atomic E-state index is -0.00467. The Labute approximate surface area is 126 Å². The molecule has 1 aromatic rings. The average molecular weight is 298 g/mol. The molecule has 0 aromatic carbocycles. The molecule has 112 valence electrons. The minimum absolute atomic E-state index is 0.00467. The summed E-state index contributed by atoms with van der Waals surface area (Å²) in [6.45, 7) is 5.77. The van der Waals surface area contributed by atoms with Gasteiger partial charge < -0.3 is 9.80 Å². The SMILES string of the molecule is CC(C)c1cc(C(=O)N(C)CCCN(C)C)cc(Cl)n1. The number of hydrogen-bond donors (Lipinski definition) is 0. The zero-order chi connectivity index (χ0) is 15.3. The molecule has 1 heterocycles. The number of rotatable bonds is 6. The van der Waals surface area contributed by atoms with Crippen LogP contribution in [0, 0.1) is 0 Å². The van der Waals surface area contributed by atoms with Gasteiger partial charge in [-0.05, 0) is 45.1 Å². The lowest BCUT2D eigenvalue weighted by molar-refractivity contribution is 0.0790. The molecule has 0 spiro atoms. The van der Waals surface area contributed by atoms with Crippen LogP contribution in [-0.2, 0) is 0 Å². The normalized spacial score (nSPS) is 11.2. The highest BCUT2D eigenvalue weighted by Gasteiger charge is 2.15. The van der Waals surface area contributed by atoms with Crippen molar-refractivity contribution < 1.29 is 4.79 Å². The van der Waals surface area contributed by atoms with Crippen molar-refractivity contribution >= 4 is 17.5 Å². The molecule has 0 saturated carbocycles. The van der Waals surface area contributed by atoms with Crippen molar-refractivity contribution in [3.05, 3.63) is 28.5 Å². The van der Waals surface area contributed by atoms with Gasteiger partial charge in [0.15, 0.2) is 0 Å². The first-order valence-electron chi connectivity index (χ1n) is 6.89. The standard InChI is InChI=1S/C15H24ClN3O/c1-11(2)13-9-12(10-14(16)17-13)15(20)19(5)8-6-7-18(3)4/h9-11H,6-8H2,1-5H3. The molecular formula is C15H24ClN3O. The Hall–Kier alpha value is -1.13. The molecule has 0 N–H and O–H groups in total. The molecule has 20 heavy (non-hydrogen) atoms. The summed E-state index contributed by atoms with van der Waals surface area (Å²) in [6, 6.07) is 3.47. The molecule has 1 rings (SSSR count). The minimum Gasteiger partial charge on any atom is -0.342 e. The van der Waals surface area contributed by atoms with Crippen LogP contribution < -0.4 is 0 Å². The van der Waals surface area contributed by atoms with E-state index in [2.05, 4.69) is 9.88 Å². The van der Waals surface area contributed by atoms with Crippen LogP contribution in [0.5, 0.6) is 0 Å². The number of carbonyl (C=O) groups is 1. The van der Waals surface area contributed by atoms with Crippen LogP contribution in [-0.4, -0.2) is 54.9 Å². The summed E-state index contributed by atoms with van der Waals surface area (Å²) in [5.41, 5.74) is 1.46. The van der Waals surface area contributed by atoms with E-state index in [4.69, 9.17) is 11.6 Å². The van der Waals surface area contributed by atoms with Gasteiger partial charge in [0, 0.05) is 24.8 Å². The third kappa shape index (κ3) is 5.10. The third-order valence-corrected chi connectivity index (χ3v) is 3.29. The van der Waals surface area contributed by atoms with Crippen molar-refractivity contribution in [2.24, 2.45) is 0 Å². The van der Waals surface area contributed by atoms with Gasteiger partial charge in [0.05, 0.1) is 0 Å². The molecule has 0 aliphatic rings. The second kappa shape index (κ2) is 7.60. The highest BCUT2D eigenvalue weighted by molar-refractivity contribution is 6.29. The molecule has 0 aliphatic heterocycles. The van der Waals surface area contributed by atoms with E-state index in [1.165, 1.54) is 0 Å². The predicted molar refractivity (Wildman–Crippen MR) is 83.5 cm³/mol. The number of pyridine rings is 1. The lowest BCUT2D eigenvalue weighted by atomic mass is 10.1. The summed E-state index contributed by atoms with van der Waals surface area (Å²) in [4.78, 5) is 20.5. The maximum Gasteiger partial charge on any atom is 0.253 e. The molecular weight excluding hydrogens is 274 g/mol.